The lowest BCUT2D eigenvalue weighted by atomic mass is 10.0. The van der Waals surface area contributed by atoms with Crippen molar-refractivity contribution in [3.05, 3.63) is 59.0 Å². The zero-order valence-corrected chi connectivity index (χ0v) is 13.5. The van der Waals surface area contributed by atoms with E-state index in [4.69, 9.17) is 5.73 Å². The Hall–Kier alpha value is -2.05. The van der Waals surface area contributed by atoms with Crippen molar-refractivity contribution in [1.82, 2.24) is 5.32 Å². The number of hydrogen-bond acceptors (Lipinski definition) is 4. The molecule has 1 amide bonds. The number of carboxylic acids is 1. The van der Waals surface area contributed by atoms with Crippen molar-refractivity contribution < 1.29 is 14.7 Å². The van der Waals surface area contributed by atoms with Crippen molar-refractivity contribution in [2.75, 3.05) is 5.75 Å². The lowest BCUT2D eigenvalue weighted by Crippen LogP contribution is -2.49. The number of allylic oxidation sites excluding steroid dienone is 2. The summed E-state index contributed by atoms with van der Waals surface area (Å²) in [4.78, 5) is 23.5. The molecule has 5 nitrogen and oxygen atoms in total. The number of aliphatic carboxylic acids is 1. The van der Waals surface area contributed by atoms with Gasteiger partial charge in [0.1, 0.15) is 6.04 Å². The van der Waals surface area contributed by atoms with E-state index in [0.717, 1.165) is 16.9 Å². The SMILES string of the molecule is NC(Cc1ccccc1)C(=O)NC(CC1=CC=CSC1)C(=O)O. The minimum Gasteiger partial charge on any atom is -0.480 e. The van der Waals surface area contributed by atoms with Gasteiger partial charge in [-0.3, -0.25) is 4.79 Å². The highest BCUT2D eigenvalue weighted by Crippen LogP contribution is 2.19. The Labute approximate surface area is 139 Å². The van der Waals surface area contributed by atoms with Gasteiger partial charge in [0.25, 0.3) is 0 Å². The highest BCUT2D eigenvalue weighted by molar-refractivity contribution is 8.02. The van der Waals surface area contributed by atoms with Crippen molar-refractivity contribution in [3.8, 4) is 0 Å². The first-order valence-electron chi connectivity index (χ1n) is 7.35. The molecule has 0 radical (unpaired) electrons. The Balaban J connectivity index is 1.93. The van der Waals surface area contributed by atoms with Gasteiger partial charge in [0.15, 0.2) is 0 Å². The van der Waals surface area contributed by atoms with Crippen LogP contribution in [0, 0.1) is 0 Å². The summed E-state index contributed by atoms with van der Waals surface area (Å²) in [6.45, 7) is 0. The molecule has 2 rings (SSSR count). The molecule has 0 saturated carbocycles. The van der Waals surface area contributed by atoms with Crippen molar-refractivity contribution in [3.63, 3.8) is 0 Å². The number of nitrogens with two attached hydrogens (primary N) is 1. The van der Waals surface area contributed by atoms with Crippen LogP contribution < -0.4 is 11.1 Å². The van der Waals surface area contributed by atoms with Gasteiger partial charge in [-0.25, -0.2) is 4.79 Å². The molecule has 1 aromatic rings. The van der Waals surface area contributed by atoms with E-state index < -0.39 is 24.0 Å². The third-order valence-electron chi connectivity index (χ3n) is 3.49. The third kappa shape index (κ3) is 5.58. The summed E-state index contributed by atoms with van der Waals surface area (Å²) in [5.41, 5.74) is 7.83. The van der Waals surface area contributed by atoms with Gasteiger partial charge in [-0.1, -0.05) is 48.1 Å². The van der Waals surface area contributed by atoms with Gasteiger partial charge >= 0.3 is 5.97 Å². The first kappa shape index (κ1) is 17.3. The number of thioether (sulfide) groups is 1. The van der Waals surface area contributed by atoms with E-state index in [1.165, 1.54) is 0 Å². The predicted molar refractivity (Wildman–Crippen MR) is 92.0 cm³/mol. The van der Waals surface area contributed by atoms with Gasteiger partial charge in [0.05, 0.1) is 6.04 Å². The van der Waals surface area contributed by atoms with Crippen LogP contribution in [0.5, 0.6) is 0 Å². The summed E-state index contributed by atoms with van der Waals surface area (Å²) >= 11 is 1.60. The van der Waals surface area contributed by atoms with Gasteiger partial charge < -0.3 is 16.2 Å². The molecule has 0 aliphatic carbocycles. The third-order valence-corrected chi connectivity index (χ3v) is 4.38. The van der Waals surface area contributed by atoms with Gasteiger partial charge in [0, 0.05) is 12.2 Å². The zero-order valence-electron chi connectivity index (χ0n) is 12.6. The normalized spacial score (nSPS) is 16.3. The first-order valence-corrected chi connectivity index (χ1v) is 8.40. The number of benzene rings is 1. The Bertz CT molecular complexity index is 614. The van der Waals surface area contributed by atoms with Crippen molar-refractivity contribution in [2.24, 2.45) is 5.73 Å². The number of carbonyl (C=O) groups excluding carboxylic acids is 1. The summed E-state index contributed by atoms with van der Waals surface area (Å²) in [5, 5.41) is 13.8. The molecular weight excluding hydrogens is 312 g/mol. The minimum absolute atomic E-state index is 0.288. The van der Waals surface area contributed by atoms with Gasteiger partial charge in [-0.2, -0.15) is 0 Å². The highest BCUT2D eigenvalue weighted by atomic mass is 32.2. The largest absolute Gasteiger partial charge is 0.480 e. The molecule has 0 bridgehead atoms. The second-order valence-electron chi connectivity index (χ2n) is 5.36. The number of nitrogens with one attached hydrogen (secondary N) is 1. The van der Waals surface area contributed by atoms with Crippen LogP contribution in [0.3, 0.4) is 0 Å². The van der Waals surface area contributed by atoms with Crippen LogP contribution in [-0.4, -0.2) is 34.8 Å². The van der Waals surface area contributed by atoms with Crippen LogP contribution >= 0.6 is 11.8 Å². The molecule has 1 aromatic carbocycles. The molecule has 1 aliphatic heterocycles. The Kier molecular flexibility index (Phi) is 6.43. The lowest BCUT2D eigenvalue weighted by Gasteiger charge is -2.19. The number of carbonyl (C=O) groups is 2. The van der Waals surface area contributed by atoms with Crippen molar-refractivity contribution in [2.45, 2.75) is 24.9 Å². The van der Waals surface area contributed by atoms with Crippen LogP contribution in [0.2, 0.25) is 0 Å². The summed E-state index contributed by atoms with van der Waals surface area (Å²) in [5.74, 6) is -0.752. The minimum atomic E-state index is -1.05. The Morgan fingerprint density at radius 1 is 1.26 bits per heavy atom. The van der Waals surface area contributed by atoms with E-state index in [0.29, 0.717) is 6.42 Å². The summed E-state index contributed by atoms with van der Waals surface area (Å²) in [6.07, 6.45) is 4.44. The smallest absolute Gasteiger partial charge is 0.326 e. The predicted octanol–water partition coefficient (Wildman–Crippen LogP) is 1.70. The maximum Gasteiger partial charge on any atom is 0.326 e. The van der Waals surface area contributed by atoms with Gasteiger partial charge in [-0.05, 0) is 17.4 Å². The van der Waals surface area contributed by atoms with E-state index in [1.807, 2.05) is 47.9 Å². The molecule has 0 saturated heterocycles. The summed E-state index contributed by atoms with van der Waals surface area (Å²) < 4.78 is 0. The molecule has 2 unspecified atom stereocenters. The maximum atomic E-state index is 12.2. The van der Waals surface area contributed by atoms with E-state index in [2.05, 4.69) is 5.32 Å². The molecule has 0 aromatic heterocycles. The van der Waals surface area contributed by atoms with Crippen molar-refractivity contribution in [1.29, 1.82) is 0 Å². The van der Waals surface area contributed by atoms with E-state index in [9.17, 15) is 14.7 Å². The molecular formula is C17H20N2O3S. The maximum absolute atomic E-state index is 12.2. The van der Waals surface area contributed by atoms with Gasteiger partial charge in [-0.15, -0.1) is 11.8 Å². The zero-order chi connectivity index (χ0) is 16.7. The fourth-order valence-corrected chi connectivity index (χ4v) is 2.98. The molecule has 1 aliphatic rings. The summed E-state index contributed by atoms with van der Waals surface area (Å²) in [7, 11) is 0. The molecule has 122 valence electrons. The molecule has 2 atom stereocenters. The van der Waals surface area contributed by atoms with Gasteiger partial charge in [0.2, 0.25) is 5.91 Å². The average molecular weight is 332 g/mol. The first-order chi connectivity index (χ1) is 11.1. The quantitative estimate of drug-likeness (QED) is 0.707. The van der Waals surface area contributed by atoms with Crippen LogP contribution in [0.15, 0.2) is 53.5 Å². The number of rotatable bonds is 7. The second-order valence-corrected chi connectivity index (χ2v) is 6.26. The standard InChI is InChI=1S/C17H20N2O3S/c18-14(9-12-5-2-1-3-6-12)16(20)19-15(17(21)22)10-13-7-4-8-23-11-13/h1-8,14-15H,9-11,18H2,(H,19,20)(H,21,22). The summed E-state index contributed by atoms with van der Waals surface area (Å²) in [6, 6.07) is 7.69. The monoisotopic (exact) mass is 332 g/mol. The Morgan fingerprint density at radius 2 is 2.00 bits per heavy atom. The number of amides is 1. The van der Waals surface area contributed by atoms with Crippen molar-refractivity contribution >= 4 is 23.6 Å². The van der Waals surface area contributed by atoms with Crippen LogP contribution in [-0.2, 0) is 16.0 Å². The highest BCUT2D eigenvalue weighted by Gasteiger charge is 2.24. The number of hydrogen-bond donors (Lipinski definition) is 3. The number of carboxylic acid groups (broad SMARTS) is 1. The molecule has 1 heterocycles. The molecule has 6 heteroatoms. The van der Waals surface area contributed by atoms with E-state index in [-0.39, 0.29) is 6.42 Å². The molecule has 0 spiro atoms. The topological polar surface area (TPSA) is 92.4 Å². The van der Waals surface area contributed by atoms with E-state index >= 15 is 0 Å². The van der Waals surface area contributed by atoms with Crippen LogP contribution in [0.25, 0.3) is 0 Å². The van der Waals surface area contributed by atoms with E-state index in [1.54, 1.807) is 11.8 Å². The fraction of sp³-hybridized carbons (Fsp3) is 0.294. The molecule has 23 heavy (non-hydrogen) atoms. The molecule has 4 N–H and O–H groups in total. The van der Waals surface area contributed by atoms with Crippen LogP contribution in [0.1, 0.15) is 12.0 Å². The molecule has 0 fully saturated rings. The Morgan fingerprint density at radius 3 is 2.61 bits per heavy atom. The van der Waals surface area contributed by atoms with Crippen LogP contribution in [0.4, 0.5) is 0 Å². The lowest BCUT2D eigenvalue weighted by molar-refractivity contribution is -0.141. The fourth-order valence-electron chi connectivity index (χ4n) is 2.26. The second kappa shape index (κ2) is 8.55. The average Bonchev–Trinajstić information content (AvgIpc) is 2.56.